The molecule has 21 heavy (non-hydrogen) atoms. The summed E-state index contributed by atoms with van der Waals surface area (Å²) in [5.41, 5.74) is 4.35. The zero-order valence-electron chi connectivity index (χ0n) is 11.8. The molecule has 104 valence electrons. The van der Waals surface area contributed by atoms with Gasteiger partial charge in [0.25, 0.3) is 0 Å². The highest BCUT2D eigenvalue weighted by Crippen LogP contribution is 2.30. The van der Waals surface area contributed by atoms with Gasteiger partial charge in [-0.15, -0.1) is 11.6 Å². The fourth-order valence-corrected chi connectivity index (χ4v) is 2.69. The standard InChI is InChI=1S/C17H14ClN3/c1-11-6-3-4-8-14(11)21-15-9-5-7-13(10-19)16(15)20-17(21)12(2)18/h3-9,12H,1-2H3. The summed E-state index contributed by atoms with van der Waals surface area (Å²) in [6.45, 7) is 3.95. The lowest BCUT2D eigenvalue weighted by molar-refractivity contribution is 0.878. The molecule has 3 nitrogen and oxygen atoms in total. The van der Waals surface area contributed by atoms with Gasteiger partial charge in [-0.25, -0.2) is 4.98 Å². The van der Waals surface area contributed by atoms with E-state index in [0.29, 0.717) is 11.1 Å². The van der Waals surface area contributed by atoms with Crippen LogP contribution < -0.4 is 0 Å². The van der Waals surface area contributed by atoms with Crippen molar-refractivity contribution in [1.82, 2.24) is 9.55 Å². The van der Waals surface area contributed by atoms with Crippen LogP contribution in [0.15, 0.2) is 42.5 Å². The van der Waals surface area contributed by atoms with E-state index in [0.717, 1.165) is 22.6 Å². The molecule has 0 N–H and O–H groups in total. The van der Waals surface area contributed by atoms with Gasteiger partial charge in [0.2, 0.25) is 0 Å². The van der Waals surface area contributed by atoms with Crippen molar-refractivity contribution in [3.63, 3.8) is 0 Å². The first kappa shape index (κ1) is 13.7. The average Bonchev–Trinajstić information content (AvgIpc) is 2.87. The molecule has 3 aromatic rings. The summed E-state index contributed by atoms with van der Waals surface area (Å²) in [5.74, 6) is 0.753. The van der Waals surface area contributed by atoms with Crippen molar-refractivity contribution < 1.29 is 0 Å². The van der Waals surface area contributed by atoms with Gasteiger partial charge in [0, 0.05) is 0 Å². The number of hydrogen-bond acceptors (Lipinski definition) is 2. The second-order valence-electron chi connectivity index (χ2n) is 4.99. The molecule has 0 aliphatic rings. The summed E-state index contributed by atoms with van der Waals surface area (Å²) in [7, 11) is 0. The number of imidazole rings is 1. The number of nitrogens with zero attached hydrogens (tertiary/aromatic N) is 3. The van der Waals surface area contributed by atoms with Crippen molar-refractivity contribution in [2.75, 3.05) is 0 Å². The first-order chi connectivity index (χ1) is 10.1. The first-order valence-corrected chi connectivity index (χ1v) is 7.18. The lowest BCUT2D eigenvalue weighted by Gasteiger charge is -2.13. The first-order valence-electron chi connectivity index (χ1n) is 6.75. The lowest BCUT2D eigenvalue weighted by atomic mass is 10.1. The molecule has 3 rings (SSSR count). The van der Waals surface area contributed by atoms with E-state index in [1.807, 2.05) is 41.8 Å². The van der Waals surface area contributed by atoms with E-state index in [-0.39, 0.29) is 5.38 Å². The number of rotatable bonds is 2. The predicted molar refractivity (Wildman–Crippen MR) is 84.8 cm³/mol. The van der Waals surface area contributed by atoms with Crippen LogP contribution in [0.2, 0.25) is 0 Å². The molecule has 0 fully saturated rings. The van der Waals surface area contributed by atoms with Crippen LogP contribution in [-0.4, -0.2) is 9.55 Å². The third-order valence-corrected chi connectivity index (χ3v) is 3.74. The molecule has 2 aromatic carbocycles. The Balaban J connectivity index is 2.44. The second kappa shape index (κ2) is 5.23. The zero-order chi connectivity index (χ0) is 15.0. The Morgan fingerprint density at radius 1 is 1.19 bits per heavy atom. The SMILES string of the molecule is Cc1ccccc1-n1c(C(C)Cl)nc2c(C#N)cccc21. The van der Waals surface area contributed by atoms with E-state index in [9.17, 15) is 5.26 Å². The van der Waals surface area contributed by atoms with E-state index < -0.39 is 0 Å². The highest BCUT2D eigenvalue weighted by Gasteiger charge is 2.18. The van der Waals surface area contributed by atoms with Crippen LogP contribution in [0.25, 0.3) is 16.7 Å². The van der Waals surface area contributed by atoms with E-state index in [1.165, 1.54) is 0 Å². The molecular formula is C17H14ClN3. The van der Waals surface area contributed by atoms with Crippen LogP contribution in [-0.2, 0) is 0 Å². The number of nitriles is 1. The number of fused-ring (bicyclic) bond motifs is 1. The van der Waals surface area contributed by atoms with E-state index >= 15 is 0 Å². The molecule has 0 amide bonds. The summed E-state index contributed by atoms with van der Waals surface area (Å²) in [6, 6.07) is 15.9. The molecule has 4 heteroatoms. The number of alkyl halides is 1. The minimum Gasteiger partial charge on any atom is -0.295 e. The van der Waals surface area contributed by atoms with E-state index in [4.69, 9.17) is 11.6 Å². The Kier molecular flexibility index (Phi) is 3.40. The summed E-state index contributed by atoms with van der Waals surface area (Å²) >= 11 is 6.31. The molecule has 1 aromatic heterocycles. The Hall–Kier alpha value is -2.31. The predicted octanol–water partition coefficient (Wildman–Crippen LogP) is 4.51. The summed E-state index contributed by atoms with van der Waals surface area (Å²) < 4.78 is 2.04. The summed E-state index contributed by atoms with van der Waals surface area (Å²) in [6.07, 6.45) is 0. The Morgan fingerprint density at radius 3 is 2.62 bits per heavy atom. The highest BCUT2D eigenvalue weighted by molar-refractivity contribution is 6.20. The summed E-state index contributed by atoms with van der Waals surface area (Å²) in [5, 5.41) is 9.02. The van der Waals surface area contributed by atoms with Crippen molar-refractivity contribution in [3.8, 4) is 11.8 Å². The van der Waals surface area contributed by atoms with Gasteiger partial charge in [-0.05, 0) is 37.6 Å². The molecular weight excluding hydrogens is 282 g/mol. The molecule has 0 saturated heterocycles. The maximum absolute atomic E-state index is 9.27. The maximum atomic E-state index is 9.27. The Morgan fingerprint density at radius 2 is 1.95 bits per heavy atom. The minimum absolute atomic E-state index is 0.247. The monoisotopic (exact) mass is 295 g/mol. The topological polar surface area (TPSA) is 41.6 Å². The maximum Gasteiger partial charge on any atom is 0.132 e. The average molecular weight is 296 g/mol. The van der Waals surface area contributed by atoms with Crippen LogP contribution in [0.3, 0.4) is 0 Å². The van der Waals surface area contributed by atoms with Gasteiger partial charge in [-0.3, -0.25) is 4.57 Å². The van der Waals surface area contributed by atoms with Crippen LogP contribution in [0.5, 0.6) is 0 Å². The highest BCUT2D eigenvalue weighted by atomic mass is 35.5. The molecule has 1 atom stereocenters. The number of aromatic nitrogens is 2. The number of benzene rings is 2. The normalized spacial score (nSPS) is 12.3. The van der Waals surface area contributed by atoms with Gasteiger partial charge in [-0.2, -0.15) is 5.26 Å². The van der Waals surface area contributed by atoms with Gasteiger partial charge < -0.3 is 0 Å². The van der Waals surface area contributed by atoms with Gasteiger partial charge in [0.15, 0.2) is 0 Å². The van der Waals surface area contributed by atoms with Crippen molar-refractivity contribution in [1.29, 1.82) is 5.26 Å². The molecule has 0 radical (unpaired) electrons. The van der Waals surface area contributed by atoms with Crippen molar-refractivity contribution in [2.24, 2.45) is 0 Å². The second-order valence-corrected chi connectivity index (χ2v) is 5.65. The smallest absolute Gasteiger partial charge is 0.132 e. The molecule has 0 aliphatic carbocycles. The van der Waals surface area contributed by atoms with Crippen LogP contribution in [0.1, 0.15) is 29.3 Å². The van der Waals surface area contributed by atoms with Crippen molar-refractivity contribution >= 4 is 22.6 Å². The number of halogens is 1. The van der Waals surface area contributed by atoms with Crippen LogP contribution >= 0.6 is 11.6 Å². The molecule has 0 spiro atoms. The number of para-hydroxylation sites is 2. The molecule has 1 heterocycles. The third-order valence-electron chi connectivity index (χ3n) is 3.54. The fourth-order valence-electron chi connectivity index (χ4n) is 2.54. The zero-order valence-corrected chi connectivity index (χ0v) is 12.6. The Bertz CT molecular complexity index is 856. The molecule has 0 saturated carbocycles. The quantitative estimate of drug-likeness (QED) is 0.653. The number of aryl methyl sites for hydroxylation is 1. The third kappa shape index (κ3) is 2.18. The fraction of sp³-hybridized carbons (Fsp3) is 0.176. The van der Waals surface area contributed by atoms with Crippen molar-refractivity contribution in [3.05, 3.63) is 59.4 Å². The molecule has 1 unspecified atom stereocenters. The van der Waals surface area contributed by atoms with Gasteiger partial charge in [0.05, 0.1) is 22.1 Å². The van der Waals surface area contributed by atoms with Crippen LogP contribution in [0.4, 0.5) is 0 Å². The van der Waals surface area contributed by atoms with Gasteiger partial charge in [-0.1, -0.05) is 24.3 Å². The van der Waals surface area contributed by atoms with Gasteiger partial charge in [0.1, 0.15) is 17.4 Å². The Labute approximate surface area is 128 Å². The summed E-state index contributed by atoms with van der Waals surface area (Å²) in [4.78, 5) is 4.61. The largest absolute Gasteiger partial charge is 0.295 e. The lowest BCUT2D eigenvalue weighted by Crippen LogP contribution is -2.03. The van der Waals surface area contributed by atoms with Crippen LogP contribution in [0, 0.1) is 18.3 Å². The van der Waals surface area contributed by atoms with Gasteiger partial charge >= 0.3 is 0 Å². The van der Waals surface area contributed by atoms with E-state index in [1.54, 1.807) is 6.07 Å². The van der Waals surface area contributed by atoms with Crippen molar-refractivity contribution in [2.45, 2.75) is 19.2 Å². The molecule has 0 aliphatic heterocycles. The van der Waals surface area contributed by atoms with E-state index in [2.05, 4.69) is 24.0 Å². The minimum atomic E-state index is -0.247. The molecule has 0 bridgehead atoms. The number of hydrogen-bond donors (Lipinski definition) is 0.